The number of nitrogens with one attached hydrogen (secondary N) is 1. The number of sulfone groups is 1. The molecule has 0 atom stereocenters. The van der Waals surface area contributed by atoms with Crippen LogP contribution in [0.3, 0.4) is 0 Å². The Morgan fingerprint density at radius 1 is 0.854 bits per heavy atom. The minimum absolute atomic E-state index is 0.103. The predicted octanol–water partition coefficient (Wildman–Crippen LogP) is 5.57. The van der Waals surface area contributed by atoms with Gasteiger partial charge in [0.25, 0.3) is 0 Å². The zero-order chi connectivity index (χ0) is 30.5. The Labute approximate surface area is 250 Å². The third-order valence-electron chi connectivity index (χ3n) is 5.61. The molecule has 0 unspecified atom stereocenters. The van der Waals surface area contributed by atoms with Crippen molar-refractivity contribution in [1.29, 1.82) is 0 Å². The Morgan fingerprint density at radius 3 is 2.07 bits per heavy atom. The van der Waals surface area contributed by atoms with Crippen LogP contribution >= 0.6 is 15.9 Å². The van der Waals surface area contributed by atoms with Crippen LogP contribution in [0.5, 0.6) is 0 Å². The highest BCUT2D eigenvalue weighted by Crippen LogP contribution is 2.29. The van der Waals surface area contributed by atoms with Crippen molar-refractivity contribution in [2.45, 2.75) is 57.0 Å². The number of rotatable bonds is 14. The molecule has 9 nitrogen and oxygen atoms in total. The van der Waals surface area contributed by atoms with Crippen molar-refractivity contribution < 1.29 is 37.0 Å². The molecule has 0 aliphatic carbocycles. The quantitative estimate of drug-likeness (QED) is 0.0702. The first-order chi connectivity index (χ1) is 19.3. The molecule has 2 rings (SSSR count). The van der Waals surface area contributed by atoms with Crippen LogP contribution in [-0.4, -0.2) is 63.4 Å². The van der Waals surface area contributed by atoms with E-state index < -0.39 is 40.0 Å². The highest BCUT2D eigenvalue weighted by atomic mass is 79.9. The van der Waals surface area contributed by atoms with E-state index in [1.807, 2.05) is 0 Å². The van der Waals surface area contributed by atoms with E-state index in [-0.39, 0.29) is 23.7 Å². The van der Waals surface area contributed by atoms with E-state index in [4.69, 9.17) is 14.2 Å². The summed E-state index contributed by atoms with van der Waals surface area (Å²) in [6, 6.07) is 14.8. The molecule has 1 N–H and O–H groups in total. The van der Waals surface area contributed by atoms with Gasteiger partial charge < -0.3 is 19.5 Å². The first-order valence-corrected chi connectivity index (χ1v) is 16.3. The van der Waals surface area contributed by atoms with Gasteiger partial charge in [0.1, 0.15) is 18.8 Å². The lowest BCUT2D eigenvalue weighted by Gasteiger charge is -2.19. The molecule has 0 aliphatic heterocycles. The molecule has 2 aromatic rings. The maximum absolute atomic E-state index is 13.5. The molecule has 11 heteroatoms. The Kier molecular flexibility index (Phi) is 13.5. The van der Waals surface area contributed by atoms with Crippen molar-refractivity contribution in [3.05, 3.63) is 65.7 Å². The van der Waals surface area contributed by atoms with E-state index in [2.05, 4.69) is 21.2 Å². The number of hydrogen-bond acceptors (Lipinski definition) is 8. The summed E-state index contributed by atoms with van der Waals surface area (Å²) in [5.74, 6) is -1.35. The minimum Gasteiger partial charge on any atom is -0.462 e. The van der Waals surface area contributed by atoms with Crippen LogP contribution in [0.1, 0.15) is 57.6 Å². The van der Waals surface area contributed by atoms with Crippen molar-refractivity contribution >= 4 is 54.9 Å². The number of ether oxygens (including phenoxy) is 3. The second kappa shape index (κ2) is 16.3. The van der Waals surface area contributed by atoms with Crippen LogP contribution in [0.2, 0.25) is 0 Å². The molecule has 0 saturated heterocycles. The average molecular weight is 653 g/mol. The molecule has 0 radical (unpaired) electrons. The van der Waals surface area contributed by atoms with Crippen molar-refractivity contribution in [1.82, 2.24) is 5.32 Å². The molecule has 224 valence electrons. The third kappa shape index (κ3) is 12.5. The molecule has 41 heavy (non-hydrogen) atoms. The zero-order valence-corrected chi connectivity index (χ0v) is 26.3. The number of amides is 1. The topological polar surface area (TPSA) is 125 Å². The number of esters is 2. The summed E-state index contributed by atoms with van der Waals surface area (Å²) in [5, 5.41) is 3.26. The summed E-state index contributed by atoms with van der Waals surface area (Å²) in [7, 11) is -3.46. The van der Waals surface area contributed by atoms with Gasteiger partial charge in [0.15, 0.2) is 9.84 Å². The van der Waals surface area contributed by atoms with E-state index in [0.29, 0.717) is 23.1 Å². The van der Waals surface area contributed by atoms with Crippen LogP contribution in [0.4, 0.5) is 4.79 Å². The normalized spacial score (nSPS) is 12.2. The zero-order valence-electron chi connectivity index (χ0n) is 23.9. The first-order valence-electron chi connectivity index (χ1n) is 13.3. The summed E-state index contributed by atoms with van der Waals surface area (Å²) < 4.78 is 40.3. The number of alkyl halides is 1. The number of hydrogen-bond donors (Lipinski definition) is 1. The lowest BCUT2D eigenvalue weighted by atomic mass is 9.95. The fourth-order valence-corrected chi connectivity index (χ4v) is 4.70. The second-order valence-electron chi connectivity index (χ2n) is 10.3. The van der Waals surface area contributed by atoms with Gasteiger partial charge in [0.2, 0.25) is 0 Å². The molecule has 0 fully saturated rings. The van der Waals surface area contributed by atoms with Gasteiger partial charge in [-0.3, -0.25) is 4.79 Å². The standard InChI is InChI=1S/C30H38BrNO8S/c1-30(2,3)40-29(35)32-20-26(33)39-21-25(22-14-16-24(17-15-22)41(4,36)37)27(23-12-8-7-9-13-23)28(34)38-19-11-6-5-10-18-31/h7-9,12-17H,5-6,10-11,18-21H2,1-4H3,(H,32,35)/b27-25+. The smallest absolute Gasteiger partial charge is 0.408 e. The Balaban J connectivity index is 2.39. The number of carbonyl (C=O) groups excluding carboxylic acids is 3. The lowest BCUT2D eigenvalue weighted by Crippen LogP contribution is -2.36. The maximum Gasteiger partial charge on any atom is 0.408 e. The van der Waals surface area contributed by atoms with Gasteiger partial charge in [0, 0.05) is 17.2 Å². The molecule has 0 saturated carbocycles. The van der Waals surface area contributed by atoms with Crippen LogP contribution in [-0.2, 0) is 33.6 Å². The number of unbranched alkanes of at least 4 members (excludes halogenated alkanes) is 3. The molecular formula is C30H38BrNO8S. The minimum atomic E-state index is -3.46. The largest absolute Gasteiger partial charge is 0.462 e. The van der Waals surface area contributed by atoms with Gasteiger partial charge in [-0.2, -0.15) is 0 Å². The van der Waals surface area contributed by atoms with Crippen molar-refractivity contribution in [3.8, 4) is 0 Å². The van der Waals surface area contributed by atoms with Gasteiger partial charge in [-0.1, -0.05) is 71.2 Å². The van der Waals surface area contributed by atoms with Crippen molar-refractivity contribution in [3.63, 3.8) is 0 Å². The van der Waals surface area contributed by atoms with Crippen molar-refractivity contribution in [2.24, 2.45) is 0 Å². The number of benzene rings is 2. The van der Waals surface area contributed by atoms with Crippen LogP contribution in [0, 0.1) is 0 Å². The molecule has 0 heterocycles. The molecule has 0 aromatic heterocycles. The highest BCUT2D eigenvalue weighted by Gasteiger charge is 2.23. The maximum atomic E-state index is 13.5. The molecule has 0 aliphatic rings. The monoisotopic (exact) mass is 651 g/mol. The summed E-state index contributed by atoms with van der Waals surface area (Å²) in [6.07, 6.45) is 3.98. The molecule has 0 spiro atoms. The number of alkyl carbamates (subject to hydrolysis) is 1. The predicted molar refractivity (Wildman–Crippen MR) is 161 cm³/mol. The van der Waals surface area contributed by atoms with E-state index in [1.165, 1.54) is 12.1 Å². The lowest BCUT2D eigenvalue weighted by molar-refractivity contribution is -0.141. The fraction of sp³-hybridized carbons (Fsp3) is 0.433. The molecule has 2 aromatic carbocycles. The van der Waals surface area contributed by atoms with Crippen LogP contribution < -0.4 is 5.32 Å². The SMILES string of the molecule is CC(C)(C)OC(=O)NCC(=O)OC/C(=C(\C(=O)OCCCCCCBr)c1ccccc1)c1ccc(S(C)(=O)=O)cc1. The van der Waals surface area contributed by atoms with Crippen LogP contribution in [0.15, 0.2) is 59.5 Å². The fourth-order valence-electron chi connectivity index (χ4n) is 3.67. The van der Waals surface area contributed by atoms with E-state index in [9.17, 15) is 22.8 Å². The van der Waals surface area contributed by atoms with Gasteiger partial charge in [-0.15, -0.1) is 0 Å². The van der Waals surface area contributed by atoms with Gasteiger partial charge in [-0.25, -0.2) is 18.0 Å². The highest BCUT2D eigenvalue weighted by molar-refractivity contribution is 9.09. The molecular weight excluding hydrogens is 614 g/mol. The second-order valence-corrected chi connectivity index (χ2v) is 13.1. The Bertz CT molecular complexity index is 1300. The summed E-state index contributed by atoms with van der Waals surface area (Å²) >= 11 is 3.41. The Hall–Kier alpha value is -3.18. The number of halogens is 1. The average Bonchev–Trinajstić information content (AvgIpc) is 2.90. The Morgan fingerprint density at radius 2 is 1.49 bits per heavy atom. The summed E-state index contributed by atoms with van der Waals surface area (Å²) in [4.78, 5) is 38.1. The molecule has 1 amide bonds. The first kappa shape index (κ1) is 34.0. The third-order valence-corrected chi connectivity index (χ3v) is 7.30. The van der Waals surface area contributed by atoms with Gasteiger partial charge in [-0.05, 0) is 56.9 Å². The van der Waals surface area contributed by atoms with Crippen LogP contribution in [0.25, 0.3) is 11.1 Å². The summed E-state index contributed by atoms with van der Waals surface area (Å²) in [6.45, 7) is 4.53. The van der Waals surface area contributed by atoms with Gasteiger partial charge in [0.05, 0.1) is 17.1 Å². The number of carbonyl (C=O) groups is 3. The van der Waals surface area contributed by atoms with E-state index in [1.54, 1.807) is 63.2 Å². The van der Waals surface area contributed by atoms with E-state index >= 15 is 0 Å². The van der Waals surface area contributed by atoms with E-state index in [0.717, 1.165) is 30.8 Å². The van der Waals surface area contributed by atoms with Crippen molar-refractivity contribution in [2.75, 3.05) is 31.3 Å². The van der Waals surface area contributed by atoms with Gasteiger partial charge >= 0.3 is 18.0 Å². The molecule has 0 bridgehead atoms. The summed E-state index contributed by atoms with van der Waals surface area (Å²) in [5.41, 5.74) is 0.790.